The van der Waals surface area contributed by atoms with Crippen molar-refractivity contribution < 1.29 is 0 Å². The molecule has 0 fully saturated rings. The molecule has 0 aliphatic heterocycles. The number of aryl methyl sites for hydroxylation is 2. The van der Waals surface area contributed by atoms with Crippen molar-refractivity contribution in [3.63, 3.8) is 0 Å². The lowest BCUT2D eigenvalue weighted by Crippen LogP contribution is -2.37. The second kappa shape index (κ2) is 7.84. The van der Waals surface area contributed by atoms with Crippen LogP contribution in [0.25, 0.3) is 0 Å². The van der Waals surface area contributed by atoms with E-state index in [0.717, 1.165) is 25.5 Å². The Hall–Kier alpha value is -1.81. The van der Waals surface area contributed by atoms with Crippen molar-refractivity contribution >= 4 is 17.3 Å². The third-order valence-corrected chi connectivity index (χ3v) is 4.10. The van der Waals surface area contributed by atoms with Crippen LogP contribution < -0.4 is 10.6 Å². The van der Waals surface area contributed by atoms with Gasteiger partial charge < -0.3 is 10.6 Å². The normalized spacial score (nSPS) is 11.5. The Morgan fingerprint density at radius 2 is 1.90 bits per heavy atom. The molecule has 4 heteroatoms. The van der Waals surface area contributed by atoms with Crippen molar-refractivity contribution in [2.75, 3.05) is 13.6 Å². The summed E-state index contributed by atoms with van der Waals surface area (Å²) in [5.41, 5.74) is 4.02. The minimum Gasteiger partial charge on any atom is -0.356 e. The van der Waals surface area contributed by atoms with E-state index in [1.54, 1.807) is 18.4 Å². The van der Waals surface area contributed by atoms with E-state index in [4.69, 9.17) is 0 Å². The zero-order valence-electron chi connectivity index (χ0n) is 12.9. The van der Waals surface area contributed by atoms with Crippen molar-refractivity contribution in [3.8, 4) is 0 Å². The van der Waals surface area contributed by atoms with Crippen molar-refractivity contribution in [1.82, 2.24) is 10.6 Å². The summed E-state index contributed by atoms with van der Waals surface area (Å²) in [4.78, 5) is 5.57. The van der Waals surface area contributed by atoms with E-state index >= 15 is 0 Å². The molecule has 0 atom stereocenters. The molecule has 2 rings (SSSR count). The van der Waals surface area contributed by atoms with Crippen molar-refractivity contribution in [2.45, 2.75) is 26.8 Å². The maximum Gasteiger partial charge on any atom is 0.191 e. The van der Waals surface area contributed by atoms with Crippen LogP contribution in [0.3, 0.4) is 0 Å². The second-order valence-corrected chi connectivity index (χ2v) is 6.21. The number of guanidine groups is 1. The molecule has 0 bridgehead atoms. The van der Waals surface area contributed by atoms with Crippen LogP contribution in [0.1, 0.15) is 21.6 Å². The summed E-state index contributed by atoms with van der Waals surface area (Å²) >= 11 is 1.75. The van der Waals surface area contributed by atoms with Crippen molar-refractivity contribution in [1.29, 1.82) is 0 Å². The lowest BCUT2D eigenvalue weighted by molar-refractivity contribution is 0.798. The van der Waals surface area contributed by atoms with Crippen LogP contribution in [0.4, 0.5) is 0 Å². The van der Waals surface area contributed by atoms with E-state index in [-0.39, 0.29) is 0 Å². The SMILES string of the molecule is CN=C(NCCc1cc(C)cc(C)c1)NCc1cccs1. The summed E-state index contributed by atoms with van der Waals surface area (Å²) in [5, 5.41) is 8.78. The third kappa shape index (κ3) is 5.23. The number of hydrogen-bond acceptors (Lipinski definition) is 2. The van der Waals surface area contributed by atoms with Gasteiger partial charge in [0, 0.05) is 18.5 Å². The summed E-state index contributed by atoms with van der Waals surface area (Å²) < 4.78 is 0. The van der Waals surface area contributed by atoms with Gasteiger partial charge in [0.05, 0.1) is 6.54 Å². The molecule has 1 aromatic heterocycles. The first-order valence-electron chi connectivity index (χ1n) is 7.21. The number of nitrogens with zero attached hydrogens (tertiary/aromatic N) is 1. The molecule has 0 spiro atoms. The molecule has 2 aromatic rings. The second-order valence-electron chi connectivity index (χ2n) is 5.18. The average Bonchev–Trinajstić information content (AvgIpc) is 2.94. The van der Waals surface area contributed by atoms with Gasteiger partial charge in [0.15, 0.2) is 5.96 Å². The fourth-order valence-corrected chi connectivity index (χ4v) is 2.99. The van der Waals surface area contributed by atoms with Gasteiger partial charge in [-0.2, -0.15) is 0 Å². The van der Waals surface area contributed by atoms with E-state index in [9.17, 15) is 0 Å². The summed E-state index contributed by atoms with van der Waals surface area (Å²) in [6.45, 7) is 5.99. The van der Waals surface area contributed by atoms with Gasteiger partial charge in [-0.25, -0.2) is 0 Å². The van der Waals surface area contributed by atoms with Crippen LogP contribution in [0.5, 0.6) is 0 Å². The molecule has 21 heavy (non-hydrogen) atoms. The van der Waals surface area contributed by atoms with E-state index < -0.39 is 0 Å². The average molecular weight is 301 g/mol. The Morgan fingerprint density at radius 3 is 2.52 bits per heavy atom. The summed E-state index contributed by atoms with van der Waals surface area (Å²) in [6.07, 6.45) is 1.00. The Kier molecular flexibility index (Phi) is 5.81. The van der Waals surface area contributed by atoms with Gasteiger partial charge in [-0.1, -0.05) is 35.4 Å². The lowest BCUT2D eigenvalue weighted by Gasteiger charge is -2.11. The quantitative estimate of drug-likeness (QED) is 0.657. The number of benzene rings is 1. The molecule has 0 aliphatic rings. The standard InChI is InChI=1S/C17H23N3S/c1-13-9-14(2)11-15(10-13)6-7-19-17(18-3)20-12-16-5-4-8-21-16/h4-5,8-11H,6-7,12H2,1-3H3,(H2,18,19,20). The Balaban J connectivity index is 1.78. The number of hydrogen-bond donors (Lipinski definition) is 2. The van der Waals surface area contributed by atoms with E-state index in [1.165, 1.54) is 21.6 Å². The lowest BCUT2D eigenvalue weighted by atomic mass is 10.1. The minimum atomic E-state index is 0.820. The van der Waals surface area contributed by atoms with Gasteiger partial charge in [0.25, 0.3) is 0 Å². The van der Waals surface area contributed by atoms with E-state index in [0.29, 0.717) is 0 Å². The first-order chi connectivity index (χ1) is 10.2. The van der Waals surface area contributed by atoms with Crippen LogP contribution in [0.2, 0.25) is 0 Å². The zero-order valence-corrected chi connectivity index (χ0v) is 13.8. The minimum absolute atomic E-state index is 0.820. The van der Waals surface area contributed by atoms with Gasteiger partial charge in [-0.05, 0) is 37.3 Å². The largest absolute Gasteiger partial charge is 0.356 e. The van der Waals surface area contributed by atoms with Crippen LogP contribution in [0, 0.1) is 13.8 Å². The van der Waals surface area contributed by atoms with Crippen LogP contribution in [-0.4, -0.2) is 19.6 Å². The Labute approximate surface area is 131 Å². The monoisotopic (exact) mass is 301 g/mol. The molecular weight excluding hydrogens is 278 g/mol. The molecule has 0 amide bonds. The highest BCUT2D eigenvalue weighted by Gasteiger charge is 2.00. The first kappa shape index (κ1) is 15.6. The number of nitrogens with one attached hydrogen (secondary N) is 2. The number of rotatable bonds is 5. The molecule has 2 N–H and O–H groups in total. The smallest absolute Gasteiger partial charge is 0.191 e. The fraction of sp³-hybridized carbons (Fsp3) is 0.353. The summed E-state index contributed by atoms with van der Waals surface area (Å²) in [5.74, 6) is 0.854. The van der Waals surface area contributed by atoms with Gasteiger partial charge in [0.1, 0.15) is 0 Å². The highest BCUT2D eigenvalue weighted by atomic mass is 32.1. The summed E-state index contributed by atoms with van der Waals surface area (Å²) in [6, 6.07) is 10.9. The van der Waals surface area contributed by atoms with Gasteiger partial charge >= 0.3 is 0 Å². The molecule has 0 unspecified atom stereocenters. The van der Waals surface area contributed by atoms with Crippen molar-refractivity contribution in [3.05, 3.63) is 57.3 Å². The molecule has 0 aliphatic carbocycles. The highest BCUT2D eigenvalue weighted by molar-refractivity contribution is 7.09. The molecule has 1 heterocycles. The predicted molar refractivity (Wildman–Crippen MR) is 92.1 cm³/mol. The van der Waals surface area contributed by atoms with E-state index in [1.807, 2.05) is 0 Å². The maximum absolute atomic E-state index is 4.25. The molecule has 0 saturated heterocycles. The highest BCUT2D eigenvalue weighted by Crippen LogP contribution is 2.09. The molecule has 0 saturated carbocycles. The molecule has 3 nitrogen and oxygen atoms in total. The zero-order chi connectivity index (χ0) is 15.1. The predicted octanol–water partition coefficient (Wildman–Crippen LogP) is 3.27. The van der Waals surface area contributed by atoms with Crippen LogP contribution >= 0.6 is 11.3 Å². The van der Waals surface area contributed by atoms with Gasteiger partial charge in [-0.15, -0.1) is 11.3 Å². The first-order valence-corrected chi connectivity index (χ1v) is 8.09. The molecule has 1 aromatic carbocycles. The fourth-order valence-electron chi connectivity index (χ4n) is 2.34. The van der Waals surface area contributed by atoms with Gasteiger partial charge in [-0.3, -0.25) is 4.99 Å². The number of thiophene rings is 1. The van der Waals surface area contributed by atoms with Crippen molar-refractivity contribution in [2.24, 2.45) is 4.99 Å². The summed E-state index contributed by atoms with van der Waals surface area (Å²) in [7, 11) is 1.81. The van der Waals surface area contributed by atoms with Crippen LogP contribution in [0.15, 0.2) is 40.7 Å². The maximum atomic E-state index is 4.25. The molecule has 112 valence electrons. The third-order valence-electron chi connectivity index (χ3n) is 3.22. The van der Waals surface area contributed by atoms with Crippen LogP contribution in [-0.2, 0) is 13.0 Å². The molecular formula is C17H23N3S. The van der Waals surface area contributed by atoms with E-state index in [2.05, 4.69) is 65.2 Å². The number of aliphatic imine (C=N–C) groups is 1. The Morgan fingerprint density at radius 1 is 1.14 bits per heavy atom. The molecule has 0 radical (unpaired) electrons. The Bertz CT molecular complexity index is 568. The van der Waals surface area contributed by atoms with Gasteiger partial charge in [0.2, 0.25) is 0 Å². The topological polar surface area (TPSA) is 36.4 Å².